The number of aromatic hydroxyl groups is 1. The number of benzene rings is 2. The highest BCUT2D eigenvalue weighted by Crippen LogP contribution is 2.47. The number of carbonyl (C=O) groups excluding carboxylic acids is 1. The van der Waals surface area contributed by atoms with Crippen LogP contribution < -0.4 is 10.2 Å². The van der Waals surface area contributed by atoms with Crippen LogP contribution in [0.1, 0.15) is 23.5 Å². The number of ether oxygens (including phenoxy) is 1. The minimum Gasteiger partial charge on any atom is -0.504 e. The van der Waals surface area contributed by atoms with Crippen molar-refractivity contribution in [2.45, 2.75) is 12.3 Å². The quantitative estimate of drug-likeness (QED) is 0.659. The first-order chi connectivity index (χ1) is 11.2. The number of nitrogens with zero attached hydrogens (tertiary/aromatic N) is 1. The maximum absolute atomic E-state index is 12.1. The zero-order valence-corrected chi connectivity index (χ0v) is 12.8. The van der Waals surface area contributed by atoms with Crippen LogP contribution in [0.4, 0.5) is 0 Å². The van der Waals surface area contributed by atoms with Gasteiger partial charge in [-0.2, -0.15) is 5.10 Å². The third-order valence-corrected chi connectivity index (χ3v) is 3.98. The molecular formula is C18H18N2O3. The minimum absolute atomic E-state index is 0.00147. The second kappa shape index (κ2) is 6.52. The Kier molecular flexibility index (Phi) is 4.28. The number of hydrazone groups is 1. The molecule has 2 aromatic rings. The molecule has 2 atom stereocenters. The molecule has 0 heterocycles. The standard InChI is InChI=1S/C18H18N2O3/c1-23-16-9-5-8-13(17(16)21)11-19-20-18(22)15-10-14(15)12-6-3-2-4-7-12/h2-9,11,14-15,21H,10H2,1H3,(H,20,22). The molecule has 118 valence electrons. The number of rotatable bonds is 5. The summed E-state index contributed by atoms with van der Waals surface area (Å²) >= 11 is 0. The van der Waals surface area contributed by atoms with Crippen LogP contribution in [0.25, 0.3) is 0 Å². The highest BCUT2D eigenvalue weighted by Gasteiger charge is 2.43. The largest absolute Gasteiger partial charge is 0.504 e. The molecule has 3 rings (SSSR count). The molecule has 1 amide bonds. The summed E-state index contributed by atoms with van der Waals surface area (Å²) in [6.45, 7) is 0. The second-order valence-corrected chi connectivity index (χ2v) is 5.49. The highest BCUT2D eigenvalue weighted by atomic mass is 16.5. The normalized spacial score (nSPS) is 19.5. The fourth-order valence-electron chi connectivity index (χ4n) is 2.61. The average Bonchev–Trinajstić information content (AvgIpc) is 3.38. The molecule has 23 heavy (non-hydrogen) atoms. The lowest BCUT2D eigenvalue weighted by Crippen LogP contribution is -2.20. The number of para-hydroxylation sites is 1. The van der Waals surface area contributed by atoms with Gasteiger partial charge in [-0.3, -0.25) is 4.79 Å². The summed E-state index contributed by atoms with van der Waals surface area (Å²) in [6, 6.07) is 15.1. The fourth-order valence-corrected chi connectivity index (χ4v) is 2.61. The predicted molar refractivity (Wildman–Crippen MR) is 87.7 cm³/mol. The van der Waals surface area contributed by atoms with Gasteiger partial charge < -0.3 is 9.84 Å². The van der Waals surface area contributed by atoms with Gasteiger partial charge in [0.15, 0.2) is 11.5 Å². The Hall–Kier alpha value is -2.82. The van der Waals surface area contributed by atoms with Crippen molar-refractivity contribution in [3.63, 3.8) is 0 Å². The number of phenolic OH excluding ortho intramolecular Hbond substituents is 1. The van der Waals surface area contributed by atoms with Crippen LogP contribution in [-0.4, -0.2) is 24.3 Å². The van der Waals surface area contributed by atoms with E-state index in [1.807, 2.05) is 30.3 Å². The Morgan fingerprint density at radius 1 is 1.26 bits per heavy atom. The van der Waals surface area contributed by atoms with Gasteiger partial charge in [0.1, 0.15) is 0 Å². The number of methoxy groups -OCH3 is 1. The van der Waals surface area contributed by atoms with Gasteiger partial charge in [-0.25, -0.2) is 5.43 Å². The summed E-state index contributed by atoms with van der Waals surface area (Å²) in [7, 11) is 1.48. The first-order valence-electron chi connectivity index (χ1n) is 7.44. The van der Waals surface area contributed by atoms with Crippen molar-refractivity contribution in [3.8, 4) is 11.5 Å². The summed E-state index contributed by atoms with van der Waals surface area (Å²) in [5, 5.41) is 13.9. The summed E-state index contributed by atoms with van der Waals surface area (Å²) in [6.07, 6.45) is 2.26. The molecule has 1 aliphatic rings. The van der Waals surface area contributed by atoms with Gasteiger partial charge in [0.2, 0.25) is 5.91 Å². The zero-order chi connectivity index (χ0) is 16.2. The third-order valence-electron chi connectivity index (χ3n) is 3.98. The first kappa shape index (κ1) is 15.1. The van der Waals surface area contributed by atoms with Crippen LogP contribution in [0.15, 0.2) is 53.6 Å². The van der Waals surface area contributed by atoms with Crippen molar-refractivity contribution in [1.82, 2.24) is 5.43 Å². The van der Waals surface area contributed by atoms with E-state index in [0.29, 0.717) is 11.3 Å². The molecule has 1 aliphatic carbocycles. The number of hydrogen-bond acceptors (Lipinski definition) is 4. The van der Waals surface area contributed by atoms with Gasteiger partial charge in [0, 0.05) is 11.5 Å². The number of amides is 1. The summed E-state index contributed by atoms with van der Waals surface area (Å²) in [5.74, 6) is 0.510. The molecule has 0 bridgehead atoms. The van der Waals surface area contributed by atoms with Crippen LogP contribution in [0.3, 0.4) is 0 Å². The van der Waals surface area contributed by atoms with E-state index in [1.54, 1.807) is 18.2 Å². The number of phenols is 1. The first-order valence-corrected chi connectivity index (χ1v) is 7.44. The predicted octanol–water partition coefficient (Wildman–Crippen LogP) is 2.65. The molecule has 1 saturated carbocycles. The smallest absolute Gasteiger partial charge is 0.243 e. The van der Waals surface area contributed by atoms with Crippen molar-refractivity contribution in [3.05, 3.63) is 59.7 Å². The van der Waals surface area contributed by atoms with E-state index in [4.69, 9.17) is 4.74 Å². The van der Waals surface area contributed by atoms with Gasteiger partial charge in [-0.15, -0.1) is 0 Å². The van der Waals surface area contributed by atoms with Gasteiger partial charge in [0.05, 0.1) is 13.3 Å². The lowest BCUT2D eigenvalue weighted by Gasteiger charge is -2.05. The molecule has 2 N–H and O–H groups in total. The van der Waals surface area contributed by atoms with Crippen LogP contribution >= 0.6 is 0 Å². The van der Waals surface area contributed by atoms with Gasteiger partial charge >= 0.3 is 0 Å². The molecule has 5 nitrogen and oxygen atoms in total. The number of carbonyl (C=O) groups is 1. The Bertz CT molecular complexity index is 728. The Morgan fingerprint density at radius 3 is 2.78 bits per heavy atom. The zero-order valence-electron chi connectivity index (χ0n) is 12.8. The van der Waals surface area contributed by atoms with Gasteiger partial charge in [0.25, 0.3) is 0 Å². The van der Waals surface area contributed by atoms with E-state index < -0.39 is 0 Å². The van der Waals surface area contributed by atoms with Gasteiger partial charge in [-0.1, -0.05) is 36.4 Å². The van der Waals surface area contributed by atoms with Crippen molar-refractivity contribution < 1.29 is 14.6 Å². The minimum atomic E-state index is -0.0995. The van der Waals surface area contributed by atoms with E-state index in [0.717, 1.165) is 6.42 Å². The van der Waals surface area contributed by atoms with Crippen LogP contribution in [-0.2, 0) is 4.79 Å². The molecule has 1 fully saturated rings. The molecule has 2 aromatic carbocycles. The lowest BCUT2D eigenvalue weighted by atomic mass is 10.1. The number of nitrogens with one attached hydrogen (secondary N) is 1. The van der Waals surface area contributed by atoms with Gasteiger partial charge in [-0.05, 0) is 30.0 Å². The molecule has 0 aromatic heterocycles. The Labute approximate surface area is 134 Å². The molecule has 0 saturated heterocycles. The molecular weight excluding hydrogens is 292 g/mol. The molecule has 5 heteroatoms. The van der Waals surface area contributed by atoms with Crippen LogP contribution in [0.2, 0.25) is 0 Å². The molecule has 2 unspecified atom stereocenters. The van der Waals surface area contributed by atoms with E-state index >= 15 is 0 Å². The van der Waals surface area contributed by atoms with E-state index in [2.05, 4.69) is 10.5 Å². The molecule has 0 aliphatic heterocycles. The van der Waals surface area contributed by atoms with E-state index in [9.17, 15) is 9.90 Å². The van der Waals surface area contributed by atoms with Crippen LogP contribution in [0.5, 0.6) is 11.5 Å². The van der Waals surface area contributed by atoms with Crippen molar-refractivity contribution in [2.24, 2.45) is 11.0 Å². The average molecular weight is 310 g/mol. The molecule has 0 radical (unpaired) electrons. The SMILES string of the molecule is COc1cccc(C=NNC(=O)C2CC2c2ccccc2)c1O. The Morgan fingerprint density at radius 2 is 2.04 bits per heavy atom. The monoisotopic (exact) mass is 310 g/mol. The van der Waals surface area contributed by atoms with E-state index in [-0.39, 0.29) is 23.5 Å². The topological polar surface area (TPSA) is 70.9 Å². The van der Waals surface area contributed by atoms with Crippen LogP contribution in [0, 0.1) is 5.92 Å². The maximum atomic E-state index is 12.1. The summed E-state index contributed by atoms with van der Waals surface area (Å²) in [5.41, 5.74) is 4.20. The highest BCUT2D eigenvalue weighted by molar-refractivity contribution is 5.87. The fraction of sp³-hybridized carbons (Fsp3) is 0.222. The Balaban J connectivity index is 1.58. The van der Waals surface area contributed by atoms with Crippen molar-refractivity contribution in [1.29, 1.82) is 0 Å². The summed E-state index contributed by atoms with van der Waals surface area (Å²) < 4.78 is 5.03. The van der Waals surface area contributed by atoms with Crippen molar-refractivity contribution >= 4 is 12.1 Å². The maximum Gasteiger partial charge on any atom is 0.243 e. The van der Waals surface area contributed by atoms with Crippen molar-refractivity contribution in [2.75, 3.05) is 7.11 Å². The summed E-state index contributed by atoms with van der Waals surface area (Å²) in [4.78, 5) is 12.1. The number of hydrogen-bond donors (Lipinski definition) is 2. The second-order valence-electron chi connectivity index (χ2n) is 5.49. The molecule has 0 spiro atoms. The van der Waals surface area contributed by atoms with E-state index in [1.165, 1.54) is 18.9 Å². The lowest BCUT2D eigenvalue weighted by molar-refractivity contribution is -0.122. The third kappa shape index (κ3) is 3.34.